The highest BCUT2D eigenvalue weighted by molar-refractivity contribution is 6.51. The first-order valence-electron chi connectivity index (χ1n) is 8.31. The maximum absolute atomic E-state index is 13.0. The highest BCUT2D eigenvalue weighted by atomic mass is 35.5. The minimum absolute atomic E-state index is 0.0901. The smallest absolute Gasteiger partial charge is 0.338 e. The molecule has 0 aliphatic heterocycles. The van der Waals surface area contributed by atoms with Crippen molar-refractivity contribution in [3.63, 3.8) is 0 Å². The number of aromatic carboxylic acids is 1. The van der Waals surface area contributed by atoms with Crippen LogP contribution in [0.1, 0.15) is 24.2 Å². The molecule has 0 bridgehead atoms. The molecule has 3 aromatic rings. The van der Waals surface area contributed by atoms with E-state index in [0.29, 0.717) is 5.58 Å². The molecule has 6 nitrogen and oxygen atoms in total. The number of carbonyl (C=O) groups is 1. The highest BCUT2D eigenvalue weighted by Gasteiger charge is 2.25. The third kappa shape index (κ3) is 3.65. The maximum atomic E-state index is 13.0. The van der Waals surface area contributed by atoms with Crippen LogP contribution in [0.3, 0.4) is 0 Å². The number of halogens is 3. The van der Waals surface area contributed by atoms with Gasteiger partial charge >= 0.3 is 5.97 Å². The lowest BCUT2D eigenvalue weighted by Crippen LogP contribution is -2.21. The van der Waals surface area contributed by atoms with Crippen molar-refractivity contribution < 1.29 is 19.4 Å². The van der Waals surface area contributed by atoms with Crippen molar-refractivity contribution in [1.29, 1.82) is 0 Å². The molecule has 0 atom stereocenters. The molecule has 3 rings (SSSR count). The van der Waals surface area contributed by atoms with Gasteiger partial charge in [-0.1, -0.05) is 34.8 Å². The molecule has 0 saturated carbocycles. The zero-order chi connectivity index (χ0) is 21.2. The Hall–Kier alpha value is -1.99. The molecule has 2 aromatic carbocycles. The number of rotatable bonds is 4. The minimum atomic E-state index is -1.38. The van der Waals surface area contributed by atoms with Gasteiger partial charge in [0.1, 0.15) is 10.6 Å². The summed E-state index contributed by atoms with van der Waals surface area (Å²) in [5.41, 5.74) is 0.139. The lowest BCUT2D eigenvalue weighted by Gasteiger charge is -2.21. The maximum Gasteiger partial charge on any atom is 0.338 e. The summed E-state index contributed by atoms with van der Waals surface area (Å²) >= 11 is 18.2. The molecule has 0 fully saturated rings. The summed E-state index contributed by atoms with van der Waals surface area (Å²) in [4.78, 5) is 26.7. The van der Waals surface area contributed by atoms with Crippen LogP contribution in [-0.4, -0.2) is 36.4 Å². The number of fused-ring (bicyclic) bond motifs is 2. The molecule has 0 saturated heterocycles. The summed E-state index contributed by atoms with van der Waals surface area (Å²) in [6.45, 7) is 5.60. The van der Waals surface area contributed by atoms with E-state index in [4.69, 9.17) is 44.3 Å². The Morgan fingerprint density at radius 3 is 2.21 bits per heavy atom. The van der Waals surface area contributed by atoms with Crippen LogP contribution in [0, 0.1) is 0 Å². The molecule has 28 heavy (non-hydrogen) atoms. The van der Waals surface area contributed by atoms with Crippen molar-refractivity contribution >= 4 is 68.4 Å². The first kappa shape index (κ1) is 22.3. The fourth-order valence-electron chi connectivity index (χ4n) is 2.97. The molecule has 0 aliphatic rings. The topological polar surface area (TPSA) is 91.0 Å². The Bertz CT molecular complexity index is 1110. The Morgan fingerprint density at radius 2 is 1.68 bits per heavy atom. The summed E-state index contributed by atoms with van der Waals surface area (Å²) in [7, 11) is 1.00. The number of aliphatic hydroxyl groups is 1. The number of hydrogen-bond acceptors (Lipinski definition) is 5. The quantitative estimate of drug-likeness (QED) is 0.430. The molecule has 0 aliphatic carbocycles. The van der Waals surface area contributed by atoms with Crippen LogP contribution in [0.4, 0.5) is 5.69 Å². The summed E-state index contributed by atoms with van der Waals surface area (Å²) in [5.74, 6) is -1.38. The van der Waals surface area contributed by atoms with E-state index in [0.717, 1.165) is 25.9 Å². The first-order chi connectivity index (χ1) is 13.3. The Kier molecular flexibility index (Phi) is 7.17. The number of benzene rings is 2. The van der Waals surface area contributed by atoms with Crippen LogP contribution < -0.4 is 10.3 Å². The molecule has 1 aromatic heterocycles. The Morgan fingerprint density at radius 1 is 1.07 bits per heavy atom. The van der Waals surface area contributed by atoms with Crippen molar-refractivity contribution in [3.05, 3.63) is 49.1 Å². The number of carboxylic acids is 1. The van der Waals surface area contributed by atoms with Gasteiger partial charge in [0, 0.05) is 32.0 Å². The average molecular weight is 447 g/mol. The van der Waals surface area contributed by atoms with Crippen LogP contribution >= 0.6 is 34.8 Å². The predicted molar refractivity (Wildman–Crippen MR) is 114 cm³/mol. The van der Waals surface area contributed by atoms with E-state index in [-0.39, 0.29) is 31.4 Å². The second-order valence-electron chi connectivity index (χ2n) is 5.61. The monoisotopic (exact) mass is 445 g/mol. The van der Waals surface area contributed by atoms with Gasteiger partial charge in [0.05, 0.1) is 26.4 Å². The van der Waals surface area contributed by atoms with E-state index in [1.807, 2.05) is 13.8 Å². The van der Waals surface area contributed by atoms with E-state index in [2.05, 4.69) is 4.90 Å². The number of carboxylic acid groups (broad SMARTS) is 1. The van der Waals surface area contributed by atoms with Gasteiger partial charge in [-0.15, -0.1) is 0 Å². The molecular formula is C19H18Cl3NO5. The summed E-state index contributed by atoms with van der Waals surface area (Å²) in [5, 5.41) is 16.0. The van der Waals surface area contributed by atoms with Crippen LogP contribution in [0.5, 0.6) is 0 Å². The fourth-order valence-corrected chi connectivity index (χ4v) is 3.69. The van der Waals surface area contributed by atoms with E-state index in [1.165, 1.54) is 0 Å². The van der Waals surface area contributed by atoms with Crippen molar-refractivity contribution in [1.82, 2.24) is 0 Å². The highest BCUT2D eigenvalue weighted by Crippen LogP contribution is 2.40. The number of anilines is 1. The third-order valence-electron chi connectivity index (χ3n) is 4.27. The molecule has 1 heterocycles. The molecule has 150 valence electrons. The predicted octanol–water partition coefficient (Wildman–Crippen LogP) is 5.06. The molecule has 0 spiro atoms. The lowest BCUT2D eigenvalue weighted by molar-refractivity contribution is 0.0699. The van der Waals surface area contributed by atoms with Gasteiger partial charge in [-0.2, -0.15) is 0 Å². The standard InChI is InChI=1S/C18H14Cl3NO4.CH4O/c1-3-22(4-2)8-5-6-9-10(7-8)26-17-12(16(9)23)11(18(24)25)13(19)14(20)15(17)21;1-2/h5-7H,3-4H2,1-2H3,(H,24,25);2H,1H3. The molecule has 2 N–H and O–H groups in total. The van der Waals surface area contributed by atoms with Gasteiger partial charge in [-0.05, 0) is 26.0 Å². The Labute approximate surface area is 175 Å². The largest absolute Gasteiger partial charge is 0.478 e. The SMILES string of the molecule is CCN(CC)c1ccc2c(=O)c3c(C(=O)O)c(Cl)c(Cl)c(Cl)c3oc2c1.CO. The molecule has 0 radical (unpaired) electrons. The normalized spacial score (nSPS) is 10.7. The number of aliphatic hydroxyl groups excluding tert-OH is 1. The van der Waals surface area contributed by atoms with Gasteiger partial charge < -0.3 is 19.5 Å². The number of nitrogens with zero attached hydrogens (tertiary/aromatic N) is 1. The van der Waals surface area contributed by atoms with E-state index < -0.39 is 17.0 Å². The molecule has 0 amide bonds. The van der Waals surface area contributed by atoms with Gasteiger partial charge in [0.25, 0.3) is 0 Å². The second-order valence-corrected chi connectivity index (χ2v) is 6.74. The zero-order valence-electron chi connectivity index (χ0n) is 15.3. The molecular weight excluding hydrogens is 429 g/mol. The summed E-state index contributed by atoms with van der Waals surface area (Å²) in [6, 6.07) is 5.12. The zero-order valence-corrected chi connectivity index (χ0v) is 17.6. The van der Waals surface area contributed by atoms with E-state index >= 15 is 0 Å². The van der Waals surface area contributed by atoms with Gasteiger partial charge in [0.15, 0.2) is 5.58 Å². The average Bonchev–Trinajstić information content (AvgIpc) is 2.69. The van der Waals surface area contributed by atoms with Crippen molar-refractivity contribution in [3.8, 4) is 0 Å². The van der Waals surface area contributed by atoms with Crippen LogP contribution in [0.15, 0.2) is 27.4 Å². The number of hydrogen-bond donors (Lipinski definition) is 2. The van der Waals surface area contributed by atoms with Crippen LogP contribution in [0.2, 0.25) is 15.1 Å². The van der Waals surface area contributed by atoms with Crippen molar-refractivity contribution in [2.75, 3.05) is 25.1 Å². The van der Waals surface area contributed by atoms with Gasteiger partial charge in [0.2, 0.25) is 5.43 Å². The van der Waals surface area contributed by atoms with Gasteiger partial charge in [-0.25, -0.2) is 4.79 Å². The first-order valence-corrected chi connectivity index (χ1v) is 9.45. The Balaban J connectivity index is 0.00000136. The fraction of sp³-hybridized carbons (Fsp3) is 0.263. The summed E-state index contributed by atoms with van der Waals surface area (Å²) < 4.78 is 5.80. The minimum Gasteiger partial charge on any atom is -0.478 e. The summed E-state index contributed by atoms with van der Waals surface area (Å²) in [6.07, 6.45) is 0. The van der Waals surface area contributed by atoms with E-state index in [9.17, 15) is 14.7 Å². The van der Waals surface area contributed by atoms with Crippen LogP contribution in [-0.2, 0) is 0 Å². The third-order valence-corrected chi connectivity index (χ3v) is 5.58. The molecule has 0 unspecified atom stereocenters. The second kappa shape index (κ2) is 9.01. The van der Waals surface area contributed by atoms with Gasteiger partial charge in [-0.3, -0.25) is 4.79 Å². The molecule has 9 heteroatoms. The van der Waals surface area contributed by atoms with E-state index in [1.54, 1.807) is 18.2 Å². The van der Waals surface area contributed by atoms with Crippen molar-refractivity contribution in [2.24, 2.45) is 0 Å². The lowest BCUT2D eigenvalue weighted by atomic mass is 10.1. The van der Waals surface area contributed by atoms with Crippen molar-refractivity contribution in [2.45, 2.75) is 13.8 Å². The van der Waals surface area contributed by atoms with Crippen LogP contribution in [0.25, 0.3) is 21.9 Å².